The van der Waals surface area contributed by atoms with E-state index in [2.05, 4.69) is 9.98 Å². The van der Waals surface area contributed by atoms with Gasteiger partial charge in [0.1, 0.15) is 0 Å². The van der Waals surface area contributed by atoms with Gasteiger partial charge in [-0.15, -0.1) is 0 Å². The highest BCUT2D eigenvalue weighted by atomic mass is 16.5. The number of amides is 1. The molecule has 2 aromatic carbocycles. The second kappa shape index (κ2) is 9.65. The number of nitrogens with zero attached hydrogens (tertiary/aromatic N) is 3. The van der Waals surface area contributed by atoms with Gasteiger partial charge in [0.25, 0.3) is 0 Å². The van der Waals surface area contributed by atoms with Crippen LogP contribution in [0.5, 0.6) is 5.88 Å². The Morgan fingerprint density at radius 1 is 1.09 bits per heavy atom. The molecule has 0 saturated heterocycles. The number of benzene rings is 2. The summed E-state index contributed by atoms with van der Waals surface area (Å²) in [7, 11) is 5.44. The van der Waals surface area contributed by atoms with Crippen molar-refractivity contribution in [2.45, 2.75) is 13.8 Å². The molecule has 2 N–H and O–H groups in total. The van der Waals surface area contributed by atoms with E-state index in [1.54, 1.807) is 37.1 Å². The maximum Gasteiger partial charge on any atom is 0.338 e. The first kappa shape index (κ1) is 23.0. The number of aromatic nitrogens is 1. The number of aliphatic imine (C=N–C) groups is 1. The summed E-state index contributed by atoms with van der Waals surface area (Å²) in [6.07, 6.45) is 0. The number of hydrogen-bond acceptors (Lipinski definition) is 6. The quantitative estimate of drug-likeness (QED) is 0.435. The number of aromatic hydroxyl groups is 1. The third-order valence-corrected chi connectivity index (χ3v) is 5.01. The number of anilines is 1. The van der Waals surface area contributed by atoms with E-state index in [-0.39, 0.29) is 11.8 Å². The van der Waals surface area contributed by atoms with E-state index in [1.807, 2.05) is 50.2 Å². The van der Waals surface area contributed by atoms with Crippen LogP contribution >= 0.6 is 0 Å². The van der Waals surface area contributed by atoms with Crippen LogP contribution in [-0.2, 0) is 9.53 Å². The zero-order valence-electron chi connectivity index (χ0n) is 19.0. The fraction of sp³-hybridized carbons (Fsp3) is 0.292. The summed E-state index contributed by atoms with van der Waals surface area (Å²) in [6, 6.07) is 12.4. The molecule has 1 amide bonds. The maximum atomic E-state index is 12.2. The Morgan fingerprint density at radius 2 is 1.78 bits per heavy atom. The van der Waals surface area contributed by atoms with Gasteiger partial charge in [-0.2, -0.15) is 0 Å². The smallest absolute Gasteiger partial charge is 0.338 e. The van der Waals surface area contributed by atoms with Crippen molar-refractivity contribution in [1.29, 1.82) is 0 Å². The fourth-order valence-electron chi connectivity index (χ4n) is 3.41. The van der Waals surface area contributed by atoms with Gasteiger partial charge in [-0.05, 0) is 64.3 Å². The van der Waals surface area contributed by atoms with Gasteiger partial charge in [-0.3, -0.25) is 9.79 Å². The maximum absolute atomic E-state index is 12.2. The summed E-state index contributed by atoms with van der Waals surface area (Å²) in [6.45, 7) is 4.18. The van der Waals surface area contributed by atoms with Gasteiger partial charge >= 0.3 is 5.97 Å². The summed E-state index contributed by atoms with van der Waals surface area (Å²) in [4.78, 5) is 35.2. The number of nitrogens with one attached hydrogen (secondary N) is 1. The van der Waals surface area contributed by atoms with Gasteiger partial charge in [0.15, 0.2) is 5.88 Å². The molecule has 32 heavy (non-hydrogen) atoms. The average molecular weight is 437 g/mol. The minimum Gasteiger partial charge on any atom is -0.494 e. The molecule has 0 atom stereocenters. The molecule has 3 rings (SSSR count). The van der Waals surface area contributed by atoms with E-state index in [1.165, 1.54) is 0 Å². The van der Waals surface area contributed by atoms with Crippen LogP contribution in [0.2, 0.25) is 0 Å². The standard InChI is InChI=1S/C24H28N4O4/c1-6-32-24(31)16-7-12-19-20(13-16)26-23(30)22(19)15(2)25-17-8-10-18(11-9-17)28(5)21(29)14-27(3)4/h7-13,26,30H,6,14H2,1-5H3. The van der Waals surface area contributed by atoms with Crippen molar-refractivity contribution in [2.24, 2.45) is 4.99 Å². The number of aromatic amines is 1. The number of esters is 1. The largest absolute Gasteiger partial charge is 0.494 e. The van der Waals surface area contributed by atoms with Gasteiger partial charge in [-0.1, -0.05) is 6.07 Å². The van der Waals surface area contributed by atoms with Gasteiger partial charge in [0, 0.05) is 23.6 Å². The van der Waals surface area contributed by atoms with Crippen molar-refractivity contribution < 1.29 is 19.4 Å². The number of fused-ring (bicyclic) bond motifs is 1. The molecule has 0 aliphatic carbocycles. The highest BCUT2D eigenvalue weighted by Gasteiger charge is 2.16. The topological polar surface area (TPSA) is 98.2 Å². The fourth-order valence-corrected chi connectivity index (χ4v) is 3.41. The van der Waals surface area contributed by atoms with Gasteiger partial charge < -0.3 is 24.6 Å². The van der Waals surface area contributed by atoms with Crippen molar-refractivity contribution in [2.75, 3.05) is 39.2 Å². The number of rotatable bonds is 7. The van der Waals surface area contributed by atoms with Crippen LogP contribution in [0.3, 0.4) is 0 Å². The Labute approximate surface area is 187 Å². The summed E-state index contributed by atoms with van der Waals surface area (Å²) in [5.74, 6) is -0.439. The van der Waals surface area contributed by atoms with Gasteiger partial charge in [0.2, 0.25) is 5.91 Å². The zero-order chi connectivity index (χ0) is 23.4. The lowest BCUT2D eigenvalue weighted by molar-refractivity contribution is -0.118. The predicted molar refractivity (Wildman–Crippen MR) is 126 cm³/mol. The summed E-state index contributed by atoms with van der Waals surface area (Å²) < 4.78 is 5.03. The second-order valence-electron chi connectivity index (χ2n) is 7.73. The van der Waals surface area contributed by atoms with Crippen LogP contribution in [0.25, 0.3) is 10.9 Å². The molecule has 0 spiro atoms. The van der Waals surface area contributed by atoms with E-state index in [0.717, 1.165) is 11.1 Å². The molecule has 168 valence electrons. The van der Waals surface area contributed by atoms with E-state index in [9.17, 15) is 14.7 Å². The van der Waals surface area contributed by atoms with Crippen LogP contribution in [0, 0.1) is 0 Å². The molecule has 0 fully saturated rings. The Balaban J connectivity index is 1.86. The number of ether oxygens (including phenoxy) is 1. The molecule has 0 radical (unpaired) electrons. The Bertz CT molecular complexity index is 1160. The molecular weight excluding hydrogens is 408 g/mol. The van der Waals surface area contributed by atoms with Crippen LogP contribution in [0.1, 0.15) is 29.8 Å². The van der Waals surface area contributed by atoms with E-state index in [0.29, 0.717) is 41.2 Å². The summed E-state index contributed by atoms with van der Waals surface area (Å²) >= 11 is 0. The van der Waals surface area contributed by atoms with Crippen LogP contribution in [-0.4, -0.2) is 66.9 Å². The lowest BCUT2D eigenvalue weighted by Crippen LogP contribution is -2.34. The lowest BCUT2D eigenvalue weighted by Gasteiger charge is -2.19. The molecule has 0 saturated carbocycles. The number of carbonyl (C=O) groups excluding carboxylic acids is 2. The van der Waals surface area contributed by atoms with Crippen LogP contribution in [0.15, 0.2) is 47.5 Å². The predicted octanol–water partition coefficient (Wildman–Crippen LogP) is 3.72. The van der Waals surface area contributed by atoms with Crippen molar-refractivity contribution in [1.82, 2.24) is 9.88 Å². The average Bonchev–Trinajstić information content (AvgIpc) is 3.08. The molecule has 0 unspecified atom stereocenters. The summed E-state index contributed by atoms with van der Waals surface area (Å²) in [5.41, 5.74) is 3.67. The highest BCUT2D eigenvalue weighted by molar-refractivity contribution is 6.13. The third kappa shape index (κ3) is 4.97. The minimum atomic E-state index is -0.412. The number of carbonyl (C=O) groups is 2. The van der Waals surface area contributed by atoms with Crippen molar-refractivity contribution in [3.8, 4) is 5.88 Å². The molecule has 8 heteroatoms. The highest BCUT2D eigenvalue weighted by Crippen LogP contribution is 2.30. The summed E-state index contributed by atoms with van der Waals surface area (Å²) in [5, 5.41) is 11.2. The third-order valence-electron chi connectivity index (χ3n) is 5.01. The minimum absolute atomic E-state index is 0.00617. The van der Waals surface area contributed by atoms with Crippen molar-refractivity contribution in [3.05, 3.63) is 53.6 Å². The zero-order valence-corrected chi connectivity index (χ0v) is 19.0. The molecule has 0 bridgehead atoms. The number of likely N-dealkylation sites (N-methyl/N-ethyl adjacent to an activating group) is 2. The van der Waals surface area contributed by atoms with Crippen LogP contribution < -0.4 is 4.90 Å². The Hall–Kier alpha value is -3.65. The number of H-pyrrole nitrogens is 1. The number of hydrogen-bond donors (Lipinski definition) is 2. The monoisotopic (exact) mass is 436 g/mol. The lowest BCUT2D eigenvalue weighted by atomic mass is 10.1. The molecule has 3 aromatic rings. The van der Waals surface area contributed by atoms with Crippen molar-refractivity contribution >= 4 is 39.9 Å². The molecule has 1 aromatic heterocycles. The normalized spacial score (nSPS) is 11.8. The molecule has 1 heterocycles. The molecule has 0 aliphatic heterocycles. The van der Waals surface area contributed by atoms with Gasteiger partial charge in [0.05, 0.1) is 35.7 Å². The van der Waals surface area contributed by atoms with E-state index in [4.69, 9.17) is 4.74 Å². The van der Waals surface area contributed by atoms with E-state index >= 15 is 0 Å². The van der Waals surface area contributed by atoms with Gasteiger partial charge in [-0.25, -0.2) is 4.79 Å². The van der Waals surface area contributed by atoms with Crippen molar-refractivity contribution in [3.63, 3.8) is 0 Å². The first-order valence-corrected chi connectivity index (χ1v) is 10.3. The Kier molecular flexibility index (Phi) is 6.95. The molecule has 8 nitrogen and oxygen atoms in total. The van der Waals surface area contributed by atoms with E-state index < -0.39 is 5.97 Å². The van der Waals surface area contributed by atoms with Crippen LogP contribution in [0.4, 0.5) is 11.4 Å². The first-order chi connectivity index (χ1) is 15.2. The molecule has 0 aliphatic rings. The SMILES string of the molecule is CCOC(=O)c1ccc2c(C(C)=Nc3ccc(N(C)C(=O)CN(C)C)cc3)c(O)[nH]c2c1. The first-order valence-electron chi connectivity index (χ1n) is 10.3. The molecular formula is C24H28N4O4. The second-order valence-corrected chi connectivity index (χ2v) is 7.73. The Morgan fingerprint density at radius 3 is 2.41 bits per heavy atom.